The number of aliphatic hydroxyl groups is 2. The number of carbonyl (C=O) groups is 2. The molecule has 1 amide bonds. The van der Waals surface area contributed by atoms with Gasteiger partial charge in [0, 0.05) is 12.8 Å². The molecule has 2 atom stereocenters. The van der Waals surface area contributed by atoms with Crippen molar-refractivity contribution >= 4 is 11.9 Å². The van der Waals surface area contributed by atoms with Gasteiger partial charge in [-0.25, -0.2) is 0 Å². The third-order valence-electron chi connectivity index (χ3n) is 13.6. The van der Waals surface area contributed by atoms with E-state index in [0.29, 0.717) is 19.4 Å². The highest BCUT2D eigenvalue weighted by Crippen LogP contribution is 2.16. The Morgan fingerprint density at radius 1 is 0.412 bits per heavy atom. The lowest BCUT2D eigenvalue weighted by molar-refractivity contribution is -0.143. The largest absolute Gasteiger partial charge is 0.466 e. The second-order valence-electron chi connectivity index (χ2n) is 20.3. The zero-order valence-corrected chi connectivity index (χ0v) is 45.3. The highest BCUT2D eigenvalue weighted by Gasteiger charge is 2.18. The van der Waals surface area contributed by atoms with E-state index in [0.717, 1.165) is 64.2 Å². The summed E-state index contributed by atoms with van der Waals surface area (Å²) in [6.45, 7) is 4.88. The molecule has 0 spiro atoms. The summed E-state index contributed by atoms with van der Waals surface area (Å²) < 4.78 is 5.48. The standard InChI is InChI=1S/C62H115NO5/c1-3-5-7-9-11-13-15-16-17-25-29-32-36-40-44-48-52-56-62(67)68-57-53-49-45-41-37-33-30-27-24-22-20-18-19-21-23-26-28-31-35-39-43-47-51-55-61(66)63-59(58-64)60(65)54-50-46-42-38-34-14-12-10-8-6-4-2/h16-18,20-21,23,50,54,59-60,64-65H,3-15,19,22,24-49,51-53,55-58H2,1-2H3,(H,63,66)/b17-16-,20-18-,23-21-,54-50+. The van der Waals surface area contributed by atoms with Gasteiger partial charge in [0.1, 0.15) is 0 Å². The van der Waals surface area contributed by atoms with Crippen molar-refractivity contribution in [3.05, 3.63) is 48.6 Å². The molecule has 398 valence electrons. The average Bonchev–Trinajstić information content (AvgIpc) is 3.34. The first-order valence-corrected chi connectivity index (χ1v) is 29.9. The summed E-state index contributed by atoms with van der Waals surface area (Å²) in [6.07, 6.45) is 72.9. The zero-order chi connectivity index (χ0) is 49.3. The summed E-state index contributed by atoms with van der Waals surface area (Å²) in [5.41, 5.74) is 0. The number of carbonyl (C=O) groups excluding carboxylic acids is 2. The molecule has 0 heterocycles. The molecule has 68 heavy (non-hydrogen) atoms. The third-order valence-corrected chi connectivity index (χ3v) is 13.6. The summed E-state index contributed by atoms with van der Waals surface area (Å²) in [5, 5.41) is 23.0. The fourth-order valence-corrected chi connectivity index (χ4v) is 8.95. The van der Waals surface area contributed by atoms with E-state index in [-0.39, 0.29) is 18.5 Å². The normalized spacial score (nSPS) is 12.9. The number of allylic oxidation sites excluding steroid dienone is 7. The number of ether oxygens (including phenoxy) is 1. The monoisotopic (exact) mass is 954 g/mol. The lowest BCUT2D eigenvalue weighted by atomic mass is 10.1. The topological polar surface area (TPSA) is 95.9 Å². The predicted molar refractivity (Wildman–Crippen MR) is 296 cm³/mol. The molecule has 0 rings (SSSR count). The fraction of sp³-hybridized carbons (Fsp3) is 0.839. The molecule has 0 aromatic rings. The maximum atomic E-state index is 12.4. The number of unbranched alkanes of at least 4 members (excludes halogenated alkanes) is 38. The Kier molecular flexibility index (Phi) is 55.6. The minimum Gasteiger partial charge on any atom is -0.466 e. The van der Waals surface area contributed by atoms with Crippen molar-refractivity contribution in [2.24, 2.45) is 0 Å². The lowest BCUT2D eigenvalue weighted by Gasteiger charge is -2.20. The Morgan fingerprint density at radius 2 is 0.735 bits per heavy atom. The first-order chi connectivity index (χ1) is 33.5. The predicted octanol–water partition coefficient (Wildman–Crippen LogP) is 18.6. The van der Waals surface area contributed by atoms with Gasteiger partial charge in [0.25, 0.3) is 0 Å². The highest BCUT2D eigenvalue weighted by atomic mass is 16.5. The Labute approximate surface area is 423 Å². The Morgan fingerprint density at radius 3 is 1.13 bits per heavy atom. The van der Waals surface area contributed by atoms with E-state index in [4.69, 9.17) is 4.74 Å². The SMILES string of the molecule is CCCCCCCC/C=C\CCCCCCCCCC(=O)OCCCCCCCCCCC/C=C\C/C=C\CCCCCCCCCC(=O)NC(CO)C(O)/C=C/CCCCCCCCCCC. The van der Waals surface area contributed by atoms with Crippen molar-refractivity contribution < 1.29 is 24.5 Å². The third kappa shape index (κ3) is 53.2. The second kappa shape index (κ2) is 57.4. The number of rotatable bonds is 55. The van der Waals surface area contributed by atoms with Gasteiger partial charge >= 0.3 is 5.97 Å². The lowest BCUT2D eigenvalue weighted by Crippen LogP contribution is -2.45. The molecular formula is C62H115NO5. The van der Waals surface area contributed by atoms with Crippen molar-refractivity contribution in [1.82, 2.24) is 5.32 Å². The molecule has 0 aromatic carbocycles. The number of hydrogen-bond acceptors (Lipinski definition) is 5. The van der Waals surface area contributed by atoms with Gasteiger partial charge in [0.15, 0.2) is 0 Å². The molecule has 3 N–H and O–H groups in total. The summed E-state index contributed by atoms with van der Waals surface area (Å²) >= 11 is 0. The molecule has 6 nitrogen and oxygen atoms in total. The number of amides is 1. The van der Waals surface area contributed by atoms with E-state index < -0.39 is 12.1 Å². The van der Waals surface area contributed by atoms with E-state index in [2.05, 4.69) is 55.6 Å². The maximum absolute atomic E-state index is 12.4. The molecule has 0 saturated carbocycles. The van der Waals surface area contributed by atoms with Crippen LogP contribution in [0.2, 0.25) is 0 Å². The van der Waals surface area contributed by atoms with Gasteiger partial charge in [-0.1, -0.05) is 255 Å². The Bertz CT molecular complexity index is 1150. The van der Waals surface area contributed by atoms with Gasteiger partial charge in [-0.2, -0.15) is 0 Å². The fourth-order valence-electron chi connectivity index (χ4n) is 8.95. The van der Waals surface area contributed by atoms with Crippen LogP contribution in [0.1, 0.15) is 309 Å². The van der Waals surface area contributed by atoms with Crippen LogP contribution >= 0.6 is 0 Å². The number of nitrogens with one attached hydrogen (secondary N) is 1. The summed E-state index contributed by atoms with van der Waals surface area (Å²) in [4.78, 5) is 24.5. The highest BCUT2D eigenvalue weighted by molar-refractivity contribution is 5.76. The van der Waals surface area contributed by atoms with Crippen LogP contribution < -0.4 is 5.32 Å². The molecule has 0 aromatic heterocycles. The molecule has 0 saturated heterocycles. The van der Waals surface area contributed by atoms with Crippen LogP contribution in [-0.2, 0) is 14.3 Å². The summed E-state index contributed by atoms with van der Waals surface area (Å²) in [7, 11) is 0. The second-order valence-corrected chi connectivity index (χ2v) is 20.3. The van der Waals surface area contributed by atoms with Crippen LogP contribution in [-0.4, -0.2) is 47.4 Å². The number of aliphatic hydroxyl groups excluding tert-OH is 2. The van der Waals surface area contributed by atoms with Crippen molar-refractivity contribution in [2.45, 2.75) is 321 Å². The van der Waals surface area contributed by atoms with E-state index in [9.17, 15) is 19.8 Å². The van der Waals surface area contributed by atoms with Crippen LogP contribution in [0.4, 0.5) is 0 Å². The molecule has 2 unspecified atom stereocenters. The Balaban J connectivity index is 3.45. The van der Waals surface area contributed by atoms with Gasteiger partial charge < -0.3 is 20.3 Å². The molecular weight excluding hydrogens is 839 g/mol. The van der Waals surface area contributed by atoms with Crippen molar-refractivity contribution in [2.75, 3.05) is 13.2 Å². The smallest absolute Gasteiger partial charge is 0.305 e. The quantitative estimate of drug-likeness (QED) is 0.0321. The molecule has 0 bridgehead atoms. The van der Waals surface area contributed by atoms with E-state index in [1.54, 1.807) is 6.08 Å². The van der Waals surface area contributed by atoms with Crippen LogP contribution in [0.15, 0.2) is 48.6 Å². The number of esters is 1. The van der Waals surface area contributed by atoms with E-state index in [1.807, 2.05) is 6.08 Å². The van der Waals surface area contributed by atoms with Crippen LogP contribution in [0.3, 0.4) is 0 Å². The van der Waals surface area contributed by atoms with Gasteiger partial charge in [-0.05, 0) is 89.9 Å². The van der Waals surface area contributed by atoms with Crippen molar-refractivity contribution in [3.63, 3.8) is 0 Å². The average molecular weight is 955 g/mol. The first-order valence-electron chi connectivity index (χ1n) is 29.9. The minimum absolute atomic E-state index is 0.00266. The van der Waals surface area contributed by atoms with Gasteiger partial charge in [0.05, 0.1) is 25.4 Å². The van der Waals surface area contributed by atoms with E-state index >= 15 is 0 Å². The molecule has 0 aliphatic heterocycles. The van der Waals surface area contributed by atoms with Gasteiger partial charge in [0.2, 0.25) is 5.91 Å². The molecule has 0 aliphatic rings. The van der Waals surface area contributed by atoms with Crippen molar-refractivity contribution in [3.8, 4) is 0 Å². The molecule has 0 aliphatic carbocycles. The molecule has 0 fully saturated rings. The molecule has 0 radical (unpaired) electrons. The van der Waals surface area contributed by atoms with Crippen molar-refractivity contribution in [1.29, 1.82) is 0 Å². The maximum Gasteiger partial charge on any atom is 0.305 e. The number of hydrogen-bond donors (Lipinski definition) is 3. The zero-order valence-electron chi connectivity index (χ0n) is 45.3. The summed E-state index contributed by atoms with van der Waals surface area (Å²) in [6, 6.07) is -0.635. The van der Waals surface area contributed by atoms with Crippen LogP contribution in [0.25, 0.3) is 0 Å². The van der Waals surface area contributed by atoms with Crippen LogP contribution in [0, 0.1) is 0 Å². The first kappa shape index (κ1) is 65.8. The van der Waals surface area contributed by atoms with Crippen LogP contribution in [0.5, 0.6) is 0 Å². The van der Waals surface area contributed by atoms with E-state index in [1.165, 1.54) is 218 Å². The summed E-state index contributed by atoms with van der Waals surface area (Å²) in [5.74, 6) is -0.0776. The Hall–Kier alpha value is -2.18. The minimum atomic E-state index is -0.850. The molecule has 6 heteroatoms. The van der Waals surface area contributed by atoms with Gasteiger partial charge in [-0.3, -0.25) is 9.59 Å². The van der Waals surface area contributed by atoms with Gasteiger partial charge in [-0.15, -0.1) is 0 Å².